The second-order valence-electron chi connectivity index (χ2n) is 9.19. The van der Waals surface area contributed by atoms with Crippen molar-refractivity contribution >= 4 is 16.7 Å². The summed E-state index contributed by atoms with van der Waals surface area (Å²) in [5.74, 6) is 1.86. The van der Waals surface area contributed by atoms with Gasteiger partial charge in [0.2, 0.25) is 11.8 Å². The van der Waals surface area contributed by atoms with E-state index in [1.54, 1.807) is 19.3 Å². The molecule has 2 atom stereocenters. The maximum Gasteiger partial charge on any atom is 0.228 e. The summed E-state index contributed by atoms with van der Waals surface area (Å²) in [6, 6.07) is 16.3. The molecule has 0 spiro atoms. The first-order valence-corrected chi connectivity index (χ1v) is 12.2. The van der Waals surface area contributed by atoms with Crippen LogP contribution in [-0.2, 0) is 6.42 Å². The zero-order valence-corrected chi connectivity index (χ0v) is 20.2. The Kier molecular flexibility index (Phi) is 6.88. The van der Waals surface area contributed by atoms with Crippen molar-refractivity contribution in [3.05, 3.63) is 72.1 Å². The van der Waals surface area contributed by atoms with E-state index in [2.05, 4.69) is 44.9 Å². The third-order valence-electron chi connectivity index (χ3n) is 6.35. The highest BCUT2D eigenvalue weighted by atomic mass is 16.5. The van der Waals surface area contributed by atoms with Crippen molar-refractivity contribution in [1.82, 2.24) is 20.3 Å². The Bertz CT molecular complexity index is 1320. The van der Waals surface area contributed by atoms with Gasteiger partial charge in [-0.2, -0.15) is 0 Å². The van der Waals surface area contributed by atoms with Crippen LogP contribution in [0.3, 0.4) is 0 Å². The van der Waals surface area contributed by atoms with Crippen molar-refractivity contribution in [2.45, 2.75) is 45.3 Å². The number of rotatable bonds is 7. The molecular formula is C28H31N5O2. The number of benzene rings is 2. The Labute approximate surface area is 205 Å². The number of aliphatic hydroxyl groups is 1. The number of anilines is 1. The van der Waals surface area contributed by atoms with Crippen molar-refractivity contribution in [2.24, 2.45) is 0 Å². The average Bonchev–Trinajstić information content (AvgIpc) is 2.87. The van der Waals surface area contributed by atoms with E-state index in [0.717, 1.165) is 64.8 Å². The number of nitrogens with zero attached hydrogens (tertiary/aromatic N) is 3. The number of hydrogen-bond donors (Lipinski definition) is 3. The van der Waals surface area contributed by atoms with E-state index in [9.17, 15) is 5.11 Å². The minimum Gasteiger partial charge on any atom is -0.437 e. The monoisotopic (exact) mass is 469 g/mol. The van der Waals surface area contributed by atoms with Gasteiger partial charge in [0.1, 0.15) is 5.75 Å². The molecule has 5 rings (SSSR count). The normalized spacial score (nSPS) is 16.7. The molecule has 3 N–H and O–H groups in total. The summed E-state index contributed by atoms with van der Waals surface area (Å²) in [6.07, 6.45) is 5.90. The largest absolute Gasteiger partial charge is 0.437 e. The summed E-state index contributed by atoms with van der Waals surface area (Å²) in [5, 5.41) is 18.9. The molecular weight excluding hydrogens is 438 g/mol. The van der Waals surface area contributed by atoms with Crippen molar-refractivity contribution < 1.29 is 9.84 Å². The molecule has 0 aliphatic carbocycles. The van der Waals surface area contributed by atoms with E-state index in [-0.39, 0.29) is 0 Å². The van der Waals surface area contributed by atoms with Crippen LogP contribution in [-0.4, -0.2) is 45.3 Å². The fraction of sp³-hybridized carbons (Fsp3) is 0.321. The second-order valence-corrected chi connectivity index (χ2v) is 9.19. The first-order valence-electron chi connectivity index (χ1n) is 12.2. The number of nitrogens with one attached hydrogen (secondary N) is 2. The maximum atomic E-state index is 9.95. The lowest BCUT2D eigenvalue weighted by atomic mass is 9.98. The first-order chi connectivity index (χ1) is 17.1. The molecule has 7 heteroatoms. The van der Waals surface area contributed by atoms with Crippen LogP contribution in [0.1, 0.15) is 30.9 Å². The van der Waals surface area contributed by atoms with Crippen LogP contribution in [0.4, 0.5) is 5.95 Å². The fourth-order valence-corrected chi connectivity index (χ4v) is 4.64. The topological polar surface area (TPSA) is 92.2 Å². The highest BCUT2D eigenvalue weighted by Gasteiger charge is 2.17. The van der Waals surface area contributed by atoms with Crippen LogP contribution in [0.5, 0.6) is 11.6 Å². The van der Waals surface area contributed by atoms with Gasteiger partial charge in [-0.05, 0) is 74.4 Å². The summed E-state index contributed by atoms with van der Waals surface area (Å²) >= 11 is 0. The summed E-state index contributed by atoms with van der Waals surface area (Å²) in [5.41, 5.74) is 3.66. The molecule has 180 valence electrons. The number of hydrogen-bond acceptors (Lipinski definition) is 7. The molecule has 0 bridgehead atoms. The molecule has 35 heavy (non-hydrogen) atoms. The highest BCUT2D eigenvalue weighted by Crippen LogP contribution is 2.37. The fourth-order valence-electron chi connectivity index (χ4n) is 4.64. The van der Waals surface area contributed by atoms with Gasteiger partial charge in [-0.1, -0.05) is 30.3 Å². The van der Waals surface area contributed by atoms with E-state index in [0.29, 0.717) is 24.3 Å². The molecule has 0 saturated carbocycles. The predicted molar refractivity (Wildman–Crippen MR) is 139 cm³/mol. The first kappa shape index (κ1) is 23.2. The summed E-state index contributed by atoms with van der Waals surface area (Å²) in [4.78, 5) is 13.8. The zero-order valence-electron chi connectivity index (χ0n) is 20.2. The Morgan fingerprint density at radius 1 is 1.09 bits per heavy atom. The van der Waals surface area contributed by atoms with E-state index in [1.807, 2.05) is 31.2 Å². The minimum absolute atomic E-state index is 0.317. The summed E-state index contributed by atoms with van der Waals surface area (Å²) in [6.45, 7) is 5.81. The van der Waals surface area contributed by atoms with Crippen molar-refractivity contribution in [1.29, 1.82) is 0 Å². The van der Waals surface area contributed by atoms with Crippen LogP contribution in [0.15, 0.2) is 60.9 Å². The van der Waals surface area contributed by atoms with Crippen LogP contribution in [0.25, 0.3) is 22.0 Å². The van der Waals surface area contributed by atoms with Gasteiger partial charge in [0.05, 0.1) is 17.4 Å². The third-order valence-corrected chi connectivity index (χ3v) is 6.35. The molecule has 1 saturated heterocycles. The number of aromatic nitrogens is 3. The van der Waals surface area contributed by atoms with Gasteiger partial charge < -0.3 is 20.5 Å². The molecule has 0 unspecified atom stereocenters. The molecule has 1 aliphatic rings. The minimum atomic E-state index is -0.418. The number of piperidine rings is 1. The summed E-state index contributed by atoms with van der Waals surface area (Å²) < 4.78 is 6.49. The molecule has 2 aromatic carbocycles. The Hall–Kier alpha value is -3.55. The molecule has 0 amide bonds. The molecule has 0 radical (unpaired) electrons. The molecule has 3 heterocycles. The van der Waals surface area contributed by atoms with Gasteiger partial charge in [-0.15, -0.1) is 0 Å². The number of fused-ring (bicyclic) bond motifs is 1. The second kappa shape index (κ2) is 10.4. The smallest absolute Gasteiger partial charge is 0.228 e. The quantitative estimate of drug-likeness (QED) is 0.355. The predicted octanol–water partition coefficient (Wildman–Crippen LogP) is 4.88. The van der Waals surface area contributed by atoms with Crippen LogP contribution < -0.4 is 15.4 Å². The SMILES string of the molecule is Cc1ccc2c(C[C@@H](C)O)cccc2c1Oc1ncccc1-c1ccnc(N[C@H]2CCCNC2)n1. The van der Waals surface area contributed by atoms with Gasteiger partial charge in [-0.25, -0.2) is 15.0 Å². The maximum absolute atomic E-state index is 9.95. The Balaban J connectivity index is 1.49. The molecule has 1 fully saturated rings. The number of ether oxygens (including phenoxy) is 1. The number of aliphatic hydroxyl groups excluding tert-OH is 1. The van der Waals surface area contributed by atoms with Gasteiger partial charge in [-0.3, -0.25) is 0 Å². The van der Waals surface area contributed by atoms with Crippen molar-refractivity contribution in [3.63, 3.8) is 0 Å². The van der Waals surface area contributed by atoms with Crippen LogP contribution in [0, 0.1) is 6.92 Å². The van der Waals surface area contributed by atoms with E-state index >= 15 is 0 Å². The molecule has 4 aromatic rings. The van der Waals surface area contributed by atoms with Crippen LogP contribution >= 0.6 is 0 Å². The van der Waals surface area contributed by atoms with E-state index < -0.39 is 6.10 Å². The number of aryl methyl sites for hydroxylation is 1. The lowest BCUT2D eigenvalue weighted by Crippen LogP contribution is -2.38. The van der Waals surface area contributed by atoms with Gasteiger partial charge in [0, 0.05) is 30.4 Å². The van der Waals surface area contributed by atoms with Crippen LogP contribution in [0.2, 0.25) is 0 Å². The van der Waals surface area contributed by atoms with Gasteiger partial charge in [0.15, 0.2) is 0 Å². The van der Waals surface area contributed by atoms with Crippen molar-refractivity contribution in [2.75, 3.05) is 18.4 Å². The standard InChI is InChI=1S/C28H31N5O2/c1-18-10-11-22-20(16-19(2)34)6-3-8-23(22)26(18)35-27-24(9-5-14-30-27)25-12-15-31-28(33-25)32-21-7-4-13-29-17-21/h3,5-6,8-12,14-15,19,21,29,34H,4,7,13,16-17H2,1-2H3,(H,31,32,33)/t19-,21+/m1/s1. The molecule has 1 aliphatic heterocycles. The van der Waals surface area contributed by atoms with E-state index in [1.165, 1.54) is 0 Å². The zero-order chi connectivity index (χ0) is 24.2. The summed E-state index contributed by atoms with van der Waals surface area (Å²) in [7, 11) is 0. The molecule has 2 aromatic heterocycles. The van der Waals surface area contributed by atoms with Gasteiger partial charge >= 0.3 is 0 Å². The lowest BCUT2D eigenvalue weighted by Gasteiger charge is -2.23. The lowest BCUT2D eigenvalue weighted by molar-refractivity contribution is 0.196. The third kappa shape index (κ3) is 5.26. The highest BCUT2D eigenvalue weighted by molar-refractivity contribution is 5.92. The number of pyridine rings is 1. The Morgan fingerprint density at radius 2 is 2.00 bits per heavy atom. The van der Waals surface area contributed by atoms with Gasteiger partial charge in [0.25, 0.3) is 0 Å². The Morgan fingerprint density at radius 3 is 2.83 bits per heavy atom. The average molecular weight is 470 g/mol. The molecule has 7 nitrogen and oxygen atoms in total. The van der Waals surface area contributed by atoms with E-state index in [4.69, 9.17) is 9.72 Å². The van der Waals surface area contributed by atoms with Crippen molar-refractivity contribution in [3.8, 4) is 22.9 Å².